The van der Waals surface area contributed by atoms with Gasteiger partial charge in [0.25, 0.3) is 0 Å². The molecule has 10 heteroatoms. The van der Waals surface area contributed by atoms with Crippen LogP contribution < -0.4 is 0 Å². The highest BCUT2D eigenvalue weighted by molar-refractivity contribution is 6.17. The van der Waals surface area contributed by atoms with Crippen molar-refractivity contribution in [2.45, 2.75) is 19.3 Å². The molecule has 256 valence electrons. The van der Waals surface area contributed by atoms with E-state index in [4.69, 9.17) is 9.47 Å². The van der Waals surface area contributed by atoms with Gasteiger partial charge in [-0.3, -0.25) is 28.8 Å². The molecule has 2 unspecified atom stereocenters. The van der Waals surface area contributed by atoms with E-state index in [0.29, 0.717) is 0 Å². The topological polar surface area (TPSA) is 168 Å². The summed E-state index contributed by atoms with van der Waals surface area (Å²) in [6.45, 7) is 0. The second-order valence-electron chi connectivity index (χ2n) is 12.0. The number of benzene rings is 4. The first-order chi connectivity index (χ1) is 24.6. The Kier molecular flexibility index (Phi) is 12.2. The smallest absolute Gasteiger partial charge is 0.326 e. The Morgan fingerprint density at radius 2 is 0.725 bits per heavy atom. The molecule has 0 amide bonds. The molecule has 0 N–H and O–H groups in total. The fraction of sp³-hybridized carbons (Fsp3) is 0.220. The number of nitriles is 2. The molecule has 0 saturated heterocycles. The van der Waals surface area contributed by atoms with Gasteiger partial charge >= 0.3 is 11.9 Å². The summed E-state index contributed by atoms with van der Waals surface area (Å²) in [6.07, 6.45) is -2.59. The van der Waals surface area contributed by atoms with E-state index in [2.05, 4.69) is 0 Å². The largest absolute Gasteiger partial charge is 0.468 e. The summed E-state index contributed by atoms with van der Waals surface area (Å²) in [5.41, 5.74) is -4.55. The van der Waals surface area contributed by atoms with Crippen molar-refractivity contribution in [1.29, 1.82) is 10.5 Å². The summed E-state index contributed by atoms with van der Waals surface area (Å²) < 4.78 is 10.1. The van der Waals surface area contributed by atoms with E-state index < -0.39 is 77.0 Å². The van der Waals surface area contributed by atoms with E-state index in [0.717, 1.165) is 14.2 Å². The molecule has 10 nitrogen and oxygen atoms in total. The molecule has 0 radical (unpaired) electrons. The third kappa shape index (κ3) is 8.21. The number of ether oxygens (including phenoxy) is 2. The molecular formula is C41H34N2O8. The standard InChI is InChI=1S/C41H34N2O8/c1-50-38(48)40(26-42,23-32(34(44)28-15-7-3-8-16-28)35(45)29-17-9-4-10-18-29)25-41(27-43,39(49)51-2)24-33(36(46)30-19-11-5-12-20-30)37(47)31-21-13-6-14-22-31/h3-22,32-33H,23-25H2,1-2H3. The Labute approximate surface area is 295 Å². The molecule has 4 aromatic carbocycles. The Hall–Kier alpha value is -6.52. The summed E-state index contributed by atoms with van der Waals surface area (Å²) >= 11 is 0. The van der Waals surface area contributed by atoms with Crippen molar-refractivity contribution in [1.82, 2.24) is 0 Å². The maximum Gasteiger partial charge on any atom is 0.326 e. The average molecular weight is 683 g/mol. The quantitative estimate of drug-likeness (QED) is 0.0744. The normalized spacial score (nSPS) is 13.1. The first-order valence-electron chi connectivity index (χ1n) is 15.9. The molecule has 0 aliphatic carbocycles. The Balaban J connectivity index is 1.89. The minimum Gasteiger partial charge on any atom is -0.468 e. The SMILES string of the molecule is COC(=O)C(C#N)(CC(C(=O)c1ccccc1)C(=O)c1ccccc1)CC(C#N)(CC(C(=O)c1ccccc1)C(=O)c1ccccc1)C(=O)OC. The minimum absolute atomic E-state index is 0.116. The van der Waals surface area contributed by atoms with Gasteiger partial charge in [-0.25, -0.2) is 0 Å². The number of carbonyl (C=O) groups excluding carboxylic acids is 6. The van der Waals surface area contributed by atoms with Crippen LogP contribution in [0.25, 0.3) is 0 Å². The van der Waals surface area contributed by atoms with E-state index in [-0.39, 0.29) is 22.3 Å². The summed E-state index contributed by atoms with van der Waals surface area (Å²) in [5.74, 6) is -8.66. The number of ketones is 4. The third-order valence-corrected chi connectivity index (χ3v) is 8.79. The van der Waals surface area contributed by atoms with Gasteiger partial charge in [-0.05, 0) is 12.8 Å². The fourth-order valence-corrected chi connectivity index (χ4v) is 6.14. The zero-order valence-electron chi connectivity index (χ0n) is 28.0. The molecular weight excluding hydrogens is 648 g/mol. The number of Topliss-reactive ketones (excluding diaryl/α,β-unsaturated/α-hetero) is 4. The van der Waals surface area contributed by atoms with E-state index in [9.17, 15) is 39.3 Å². The molecule has 0 aliphatic rings. The molecule has 0 bridgehead atoms. The second-order valence-corrected chi connectivity index (χ2v) is 12.0. The van der Waals surface area contributed by atoms with Crippen LogP contribution >= 0.6 is 0 Å². The highest BCUT2D eigenvalue weighted by atomic mass is 16.5. The molecule has 0 heterocycles. The van der Waals surface area contributed by atoms with Gasteiger partial charge in [-0.15, -0.1) is 0 Å². The fourth-order valence-electron chi connectivity index (χ4n) is 6.14. The van der Waals surface area contributed by atoms with Crippen LogP contribution in [0.5, 0.6) is 0 Å². The monoisotopic (exact) mass is 682 g/mol. The number of hydrogen-bond donors (Lipinski definition) is 0. The number of methoxy groups -OCH3 is 2. The maximum atomic E-state index is 14.0. The predicted octanol–water partition coefficient (Wildman–Crippen LogP) is 6.29. The summed E-state index contributed by atoms with van der Waals surface area (Å²) in [6, 6.07) is 34.9. The van der Waals surface area contributed by atoms with Crippen molar-refractivity contribution in [2.75, 3.05) is 14.2 Å². The van der Waals surface area contributed by atoms with Crippen LogP contribution in [0.2, 0.25) is 0 Å². The van der Waals surface area contributed by atoms with Crippen LogP contribution in [0.3, 0.4) is 0 Å². The average Bonchev–Trinajstić information content (AvgIpc) is 3.20. The first-order valence-corrected chi connectivity index (χ1v) is 15.9. The first kappa shape index (κ1) is 37.3. The molecule has 0 spiro atoms. The van der Waals surface area contributed by atoms with Gasteiger partial charge in [0.05, 0.1) is 38.2 Å². The third-order valence-electron chi connectivity index (χ3n) is 8.79. The minimum atomic E-state index is -2.51. The summed E-state index contributed by atoms with van der Waals surface area (Å²) in [7, 11) is 1.96. The molecule has 2 atom stereocenters. The lowest BCUT2D eigenvalue weighted by atomic mass is 9.63. The van der Waals surface area contributed by atoms with Crippen LogP contribution in [-0.4, -0.2) is 49.3 Å². The number of esters is 2. The lowest BCUT2D eigenvalue weighted by Crippen LogP contribution is -2.46. The van der Waals surface area contributed by atoms with Crippen LogP contribution in [-0.2, 0) is 19.1 Å². The van der Waals surface area contributed by atoms with E-state index in [1.54, 1.807) is 72.8 Å². The molecule has 51 heavy (non-hydrogen) atoms. The van der Waals surface area contributed by atoms with E-state index in [1.807, 2.05) is 12.1 Å². The van der Waals surface area contributed by atoms with Gasteiger partial charge in [0.2, 0.25) is 0 Å². The Morgan fingerprint density at radius 3 is 0.922 bits per heavy atom. The number of hydrogen-bond acceptors (Lipinski definition) is 10. The van der Waals surface area contributed by atoms with Gasteiger partial charge in [0, 0.05) is 28.7 Å². The van der Waals surface area contributed by atoms with Crippen molar-refractivity contribution in [2.24, 2.45) is 22.7 Å². The molecule has 0 aromatic heterocycles. The number of nitrogens with zero attached hydrogens (tertiary/aromatic N) is 2. The van der Waals surface area contributed by atoms with Gasteiger partial charge in [-0.1, -0.05) is 121 Å². The second kappa shape index (κ2) is 16.7. The Bertz CT molecular complexity index is 1740. The van der Waals surface area contributed by atoms with E-state index >= 15 is 0 Å². The highest BCUT2D eigenvalue weighted by Gasteiger charge is 2.56. The van der Waals surface area contributed by atoms with Crippen LogP contribution in [0.4, 0.5) is 0 Å². The van der Waals surface area contributed by atoms with Crippen molar-refractivity contribution in [3.05, 3.63) is 144 Å². The van der Waals surface area contributed by atoms with Gasteiger partial charge in [0.1, 0.15) is 0 Å². The molecule has 4 rings (SSSR count). The Morgan fingerprint density at radius 1 is 0.490 bits per heavy atom. The van der Waals surface area contributed by atoms with Crippen molar-refractivity contribution < 1.29 is 38.2 Å². The summed E-state index contributed by atoms with van der Waals surface area (Å²) in [5, 5.41) is 21.6. The predicted molar refractivity (Wildman–Crippen MR) is 184 cm³/mol. The molecule has 0 saturated carbocycles. The van der Waals surface area contributed by atoms with Crippen molar-refractivity contribution in [3.8, 4) is 12.1 Å². The lowest BCUT2D eigenvalue weighted by molar-refractivity contribution is -0.157. The van der Waals surface area contributed by atoms with Crippen molar-refractivity contribution >= 4 is 35.1 Å². The van der Waals surface area contributed by atoms with Crippen LogP contribution in [0.15, 0.2) is 121 Å². The summed E-state index contributed by atoms with van der Waals surface area (Å²) in [4.78, 5) is 83.6. The number of rotatable bonds is 16. The molecule has 0 fully saturated rings. The molecule has 4 aromatic rings. The van der Waals surface area contributed by atoms with Gasteiger partial charge < -0.3 is 9.47 Å². The molecule has 0 aliphatic heterocycles. The van der Waals surface area contributed by atoms with Gasteiger partial charge in [-0.2, -0.15) is 10.5 Å². The van der Waals surface area contributed by atoms with Crippen molar-refractivity contribution in [3.63, 3.8) is 0 Å². The van der Waals surface area contributed by atoms with Crippen LogP contribution in [0.1, 0.15) is 60.7 Å². The zero-order chi connectivity index (χ0) is 37.0. The maximum absolute atomic E-state index is 14.0. The highest BCUT2D eigenvalue weighted by Crippen LogP contribution is 2.46. The zero-order valence-corrected chi connectivity index (χ0v) is 28.0. The van der Waals surface area contributed by atoms with Crippen LogP contribution in [0, 0.1) is 45.3 Å². The number of carbonyl (C=O) groups is 6. The van der Waals surface area contributed by atoms with Gasteiger partial charge in [0.15, 0.2) is 34.0 Å². The van der Waals surface area contributed by atoms with E-state index in [1.165, 1.54) is 48.5 Å². The lowest BCUT2D eigenvalue weighted by Gasteiger charge is -2.35.